The minimum atomic E-state index is -3.76. The molecule has 3 heterocycles. The van der Waals surface area contributed by atoms with E-state index in [4.69, 9.17) is 14.7 Å². The highest BCUT2D eigenvalue weighted by atomic mass is 32.2. The molecule has 3 aromatic carbocycles. The standard InChI is InChI=1S/C30H27N7O4S/c38-30(33-23-12-14-25(15-13-23)42(39,40)36-24-5-2-1-3-6-24)32-22-10-8-21(9-11-22)28-34-26-7-4-16-31-27(26)29(35-28)37-17-19-41-20-18-37/h1-16,36H,17-20H2,(H2,32,33,38). The topological polar surface area (TPSA) is 138 Å². The Kier molecular flexibility index (Phi) is 7.62. The van der Waals surface area contributed by atoms with E-state index in [1.165, 1.54) is 24.3 Å². The van der Waals surface area contributed by atoms with Crippen LogP contribution >= 0.6 is 0 Å². The number of benzene rings is 3. The molecule has 0 aliphatic carbocycles. The Labute approximate surface area is 242 Å². The van der Waals surface area contributed by atoms with Crippen molar-refractivity contribution in [1.29, 1.82) is 0 Å². The molecule has 0 bridgehead atoms. The van der Waals surface area contributed by atoms with E-state index in [0.29, 0.717) is 36.1 Å². The zero-order valence-corrected chi connectivity index (χ0v) is 23.2. The molecule has 2 aromatic heterocycles. The van der Waals surface area contributed by atoms with Gasteiger partial charge >= 0.3 is 6.03 Å². The van der Waals surface area contributed by atoms with E-state index in [1.807, 2.05) is 24.3 Å². The van der Waals surface area contributed by atoms with Crippen LogP contribution in [0, 0.1) is 0 Å². The summed E-state index contributed by atoms with van der Waals surface area (Å²) in [6.45, 7) is 2.71. The molecule has 12 heteroatoms. The molecule has 1 aliphatic rings. The largest absolute Gasteiger partial charge is 0.378 e. The number of urea groups is 1. The third-order valence-electron chi connectivity index (χ3n) is 6.60. The van der Waals surface area contributed by atoms with Gasteiger partial charge in [0.1, 0.15) is 5.52 Å². The van der Waals surface area contributed by atoms with E-state index in [0.717, 1.165) is 35.5 Å². The Morgan fingerprint density at radius 1 is 0.762 bits per heavy atom. The monoisotopic (exact) mass is 581 g/mol. The highest BCUT2D eigenvalue weighted by molar-refractivity contribution is 7.92. The number of morpholine rings is 1. The van der Waals surface area contributed by atoms with Crippen LogP contribution in [0.25, 0.3) is 22.4 Å². The number of hydrogen-bond donors (Lipinski definition) is 3. The second kappa shape index (κ2) is 11.8. The first-order valence-electron chi connectivity index (χ1n) is 13.3. The van der Waals surface area contributed by atoms with Crippen LogP contribution in [0.4, 0.5) is 27.7 Å². The third kappa shape index (κ3) is 6.14. The minimum absolute atomic E-state index is 0.0800. The molecular weight excluding hydrogens is 554 g/mol. The molecule has 0 saturated carbocycles. The molecule has 1 saturated heterocycles. The normalized spacial score (nSPS) is 13.5. The number of ether oxygens (including phenoxy) is 1. The van der Waals surface area contributed by atoms with Crippen molar-refractivity contribution < 1.29 is 17.9 Å². The Hall–Kier alpha value is -5.07. The van der Waals surface area contributed by atoms with Gasteiger partial charge in [0.05, 0.1) is 23.6 Å². The van der Waals surface area contributed by atoms with Gasteiger partial charge in [-0.1, -0.05) is 18.2 Å². The number of anilines is 4. The molecule has 2 amide bonds. The van der Waals surface area contributed by atoms with E-state index in [9.17, 15) is 13.2 Å². The van der Waals surface area contributed by atoms with Crippen LogP contribution < -0.4 is 20.3 Å². The number of nitrogens with one attached hydrogen (secondary N) is 3. The number of carbonyl (C=O) groups excluding carboxylic acids is 1. The van der Waals surface area contributed by atoms with Gasteiger partial charge in [0.15, 0.2) is 11.6 Å². The fourth-order valence-electron chi connectivity index (χ4n) is 4.51. The molecule has 42 heavy (non-hydrogen) atoms. The second-order valence-electron chi connectivity index (χ2n) is 9.49. The number of aromatic nitrogens is 3. The summed E-state index contributed by atoms with van der Waals surface area (Å²) in [5, 5.41) is 5.50. The van der Waals surface area contributed by atoms with Gasteiger partial charge in [-0.15, -0.1) is 0 Å². The van der Waals surface area contributed by atoms with Crippen LogP contribution in [-0.4, -0.2) is 55.7 Å². The van der Waals surface area contributed by atoms with E-state index in [-0.39, 0.29) is 4.90 Å². The van der Waals surface area contributed by atoms with Gasteiger partial charge in [-0.25, -0.2) is 23.2 Å². The SMILES string of the molecule is O=C(Nc1ccc(-c2nc(N3CCOCC3)c3ncccc3n2)cc1)Nc1ccc(S(=O)(=O)Nc2ccccc2)cc1. The summed E-state index contributed by atoms with van der Waals surface area (Å²) in [5.74, 6) is 1.33. The zero-order chi connectivity index (χ0) is 28.9. The van der Waals surface area contributed by atoms with Crippen LogP contribution in [0.5, 0.6) is 0 Å². The lowest BCUT2D eigenvalue weighted by Gasteiger charge is -2.28. The number of amides is 2. The van der Waals surface area contributed by atoms with Gasteiger partial charge in [-0.2, -0.15) is 0 Å². The summed E-state index contributed by atoms with van der Waals surface area (Å²) in [6, 6.07) is 25.1. The van der Waals surface area contributed by atoms with E-state index in [1.54, 1.807) is 48.7 Å². The van der Waals surface area contributed by atoms with Gasteiger partial charge < -0.3 is 20.3 Å². The molecule has 3 N–H and O–H groups in total. The fraction of sp³-hybridized carbons (Fsp3) is 0.133. The average molecular weight is 582 g/mol. The Balaban J connectivity index is 1.12. The minimum Gasteiger partial charge on any atom is -0.378 e. The molecule has 0 radical (unpaired) electrons. The average Bonchev–Trinajstić information content (AvgIpc) is 3.02. The highest BCUT2D eigenvalue weighted by Crippen LogP contribution is 2.27. The first-order chi connectivity index (χ1) is 20.4. The Bertz CT molecular complexity index is 1810. The summed E-state index contributed by atoms with van der Waals surface area (Å²) in [6.07, 6.45) is 1.74. The lowest BCUT2D eigenvalue weighted by atomic mass is 10.2. The van der Waals surface area contributed by atoms with Crippen molar-refractivity contribution in [1.82, 2.24) is 15.0 Å². The second-order valence-corrected chi connectivity index (χ2v) is 11.2. The lowest BCUT2D eigenvalue weighted by molar-refractivity contribution is 0.122. The van der Waals surface area contributed by atoms with Crippen molar-refractivity contribution in [3.8, 4) is 11.4 Å². The molecule has 0 atom stereocenters. The number of nitrogens with zero attached hydrogens (tertiary/aromatic N) is 4. The van der Waals surface area contributed by atoms with Gasteiger partial charge in [0.25, 0.3) is 10.0 Å². The van der Waals surface area contributed by atoms with Crippen LogP contribution in [0.15, 0.2) is 102 Å². The van der Waals surface area contributed by atoms with Crippen LogP contribution in [0.2, 0.25) is 0 Å². The number of hydrogen-bond acceptors (Lipinski definition) is 8. The summed E-state index contributed by atoms with van der Waals surface area (Å²) in [7, 11) is -3.76. The molecule has 0 unspecified atom stereocenters. The smallest absolute Gasteiger partial charge is 0.323 e. The van der Waals surface area contributed by atoms with Crippen molar-refractivity contribution in [2.24, 2.45) is 0 Å². The molecule has 212 valence electrons. The van der Waals surface area contributed by atoms with Gasteiger partial charge in [-0.3, -0.25) is 9.71 Å². The molecule has 1 fully saturated rings. The maximum atomic E-state index is 12.6. The van der Waals surface area contributed by atoms with Crippen LogP contribution in [0.1, 0.15) is 0 Å². The van der Waals surface area contributed by atoms with Crippen molar-refractivity contribution in [2.75, 3.05) is 46.6 Å². The van der Waals surface area contributed by atoms with Crippen molar-refractivity contribution in [3.63, 3.8) is 0 Å². The number of para-hydroxylation sites is 1. The predicted molar refractivity (Wildman–Crippen MR) is 162 cm³/mol. The van der Waals surface area contributed by atoms with E-state index >= 15 is 0 Å². The van der Waals surface area contributed by atoms with Crippen molar-refractivity contribution >= 4 is 50.0 Å². The zero-order valence-electron chi connectivity index (χ0n) is 22.4. The first kappa shape index (κ1) is 27.1. The fourth-order valence-corrected chi connectivity index (χ4v) is 5.57. The lowest BCUT2D eigenvalue weighted by Crippen LogP contribution is -2.37. The quantitative estimate of drug-likeness (QED) is 0.245. The molecule has 6 rings (SSSR count). The van der Waals surface area contributed by atoms with Gasteiger partial charge in [0.2, 0.25) is 0 Å². The van der Waals surface area contributed by atoms with E-state index in [2.05, 4.69) is 25.2 Å². The van der Waals surface area contributed by atoms with Crippen LogP contribution in [-0.2, 0) is 14.8 Å². The van der Waals surface area contributed by atoms with Gasteiger partial charge in [-0.05, 0) is 72.8 Å². The van der Waals surface area contributed by atoms with Gasteiger partial charge in [0, 0.05) is 41.9 Å². The predicted octanol–water partition coefficient (Wildman–Crippen LogP) is 4.97. The molecule has 5 aromatic rings. The van der Waals surface area contributed by atoms with E-state index < -0.39 is 16.1 Å². The Morgan fingerprint density at radius 2 is 1.43 bits per heavy atom. The summed E-state index contributed by atoms with van der Waals surface area (Å²) < 4.78 is 33.3. The number of carbonyl (C=O) groups is 1. The number of fused-ring (bicyclic) bond motifs is 1. The van der Waals surface area contributed by atoms with Crippen molar-refractivity contribution in [2.45, 2.75) is 4.90 Å². The van der Waals surface area contributed by atoms with Crippen molar-refractivity contribution in [3.05, 3.63) is 97.2 Å². The maximum Gasteiger partial charge on any atom is 0.323 e. The first-order valence-corrected chi connectivity index (χ1v) is 14.7. The molecule has 1 aliphatic heterocycles. The molecule has 0 spiro atoms. The number of sulfonamides is 1. The third-order valence-corrected chi connectivity index (χ3v) is 7.99. The maximum absolute atomic E-state index is 12.6. The molecule has 11 nitrogen and oxygen atoms in total. The summed E-state index contributed by atoms with van der Waals surface area (Å²) in [5.41, 5.74) is 3.76. The summed E-state index contributed by atoms with van der Waals surface area (Å²) >= 11 is 0. The van der Waals surface area contributed by atoms with Crippen LogP contribution in [0.3, 0.4) is 0 Å². The number of rotatable bonds is 7. The summed E-state index contributed by atoms with van der Waals surface area (Å²) in [4.78, 5) is 28.9. The highest BCUT2D eigenvalue weighted by Gasteiger charge is 2.19. The Morgan fingerprint density at radius 3 is 2.12 bits per heavy atom. The molecular formula is C30H27N7O4S. The number of pyridine rings is 1.